The van der Waals surface area contributed by atoms with E-state index in [0.29, 0.717) is 6.54 Å². The third-order valence-corrected chi connectivity index (χ3v) is 5.19. The molecular weight excluding hydrogens is 404 g/mol. The van der Waals surface area contributed by atoms with Crippen LogP contribution in [-0.2, 0) is 17.9 Å². The van der Waals surface area contributed by atoms with Crippen LogP contribution >= 0.6 is 0 Å². The molecule has 0 aliphatic carbocycles. The number of carbonyl (C=O) groups is 2. The Labute approximate surface area is 180 Å². The van der Waals surface area contributed by atoms with Crippen LogP contribution in [0.15, 0.2) is 48.5 Å². The van der Waals surface area contributed by atoms with Gasteiger partial charge in [-0.1, -0.05) is 30.7 Å². The molecule has 8 heteroatoms. The normalized spacial score (nSPS) is 14.3. The number of likely N-dealkylation sites (tertiary alicyclic amines) is 1. The van der Waals surface area contributed by atoms with E-state index in [1.165, 1.54) is 49.1 Å². The van der Waals surface area contributed by atoms with Gasteiger partial charge in [-0.3, -0.25) is 14.5 Å². The molecule has 1 aliphatic rings. The SMILES string of the molecule is O=C(CNC(=O)c1ccc(OC(F)F)cc1)NCc1ccccc1CN1CCCCC1. The van der Waals surface area contributed by atoms with Gasteiger partial charge >= 0.3 is 6.61 Å². The van der Waals surface area contributed by atoms with Crippen molar-refractivity contribution in [1.29, 1.82) is 0 Å². The van der Waals surface area contributed by atoms with E-state index in [1.807, 2.05) is 18.2 Å². The quantitative estimate of drug-likeness (QED) is 0.639. The number of hydrogen-bond donors (Lipinski definition) is 2. The summed E-state index contributed by atoms with van der Waals surface area (Å²) in [5.41, 5.74) is 2.50. The summed E-state index contributed by atoms with van der Waals surface area (Å²) < 4.78 is 28.6. The van der Waals surface area contributed by atoms with Crippen molar-refractivity contribution in [2.45, 2.75) is 39.0 Å². The first kappa shape index (κ1) is 22.7. The Morgan fingerprint density at radius 2 is 1.61 bits per heavy atom. The van der Waals surface area contributed by atoms with E-state index in [1.54, 1.807) is 0 Å². The summed E-state index contributed by atoms with van der Waals surface area (Å²) in [5, 5.41) is 5.37. The molecule has 0 unspecified atom stereocenters. The highest BCUT2D eigenvalue weighted by Crippen LogP contribution is 2.16. The summed E-state index contributed by atoms with van der Waals surface area (Å²) in [6, 6.07) is 13.3. The van der Waals surface area contributed by atoms with Crippen LogP contribution in [0.4, 0.5) is 8.78 Å². The van der Waals surface area contributed by atoms with Crippen LogP contribution in [0.1, 0.15) is 40.7 Å². The van der Waals surface area contributed by atoms with Gasteiger partial charge in [0.15, 0.2) is 0 Å². The maximum atomic E-state index is 12.2. The van der Waals surface area contributed by atoms with Crippen LogP contribution in [0.5, 0.6) is 5.75 Å². The minimum Gasteiger partial charge on any atom is -0.435 e. The van der Waals surface area contributed by atoms with Crippen molar-refractivity contribution in [2.24, 2.45) is 0 Å². The molecule has 1 fully saturated rings. The molecular formula is C23H27F2N3O3. The highest BCUT2D eigenvalue weighted by atomic mass is 19.3. The second kappa shape index (κ2) is 11.4. The minimum atomic E-state index is -2.92. The van der Waals surface area contributed by atoms with Gasteiger partial charge in [0.2, 0.25) is 5.91 Å². The predicted molar refractivity (Wildman–Crippen MR) is 113 cm³/mol. The van der Waals surface area contributed by atoms with Crippen LogP contribution in [0, 0.1) is 0 Å². The molecule has 0 atom stereocenters. The van der Waals surface area contributed by atoms with E-state index in [0.717, 1.165) is 25.2 Å². The minimum absolute atomic E-state index is 0.0347. The second-order valence-corrected chi connectivity index (χ2v) is 7.47. The maximum absolute atomic E-state index is 12.2. The summed E-state index contributed by atoms with van der Waals surface area (Å²) in [5.74, 6) is -0.810. The van der Waals surface area contributed by atoms with Crippen LogP contribution in [0.3, 0.4) is 0 Å². The molecule has 1 saturated heterocycles. The first-order chi connectivity index (χ1) is 15.0. The molecule has 0 radical (unpaired) electrons. The van der Waals surface area contributed by atoms with E-state index < -0.39 is 12.5 Å². The Bertz CT molecular complexity index is 869. The van der Waals surface area contributed by atoms with Crippen molar-refractivity contribution in [2.75, 3.05) is 19.6 Å². The number of carbonyl (C=O) groups excluding carboxylic acids is 2. The molecule has 0 saturated carbocycles. The lowest BCUT2D eigenvalue weighted by molar-refractivity contribution is -0.120. The zero-order valence-corrected chi connectivity index (χ0v) is 17.3. The molecule has 2 aromatic rings. The van der Waals surface area contributed by atoms with Gasteiger partial charge in [-0.25, -0.2) is 0 Å². The van der Waals surface area contributed by atoms with Gasteiger partial charge < -0.3 is 15.4 Å². The number of rotatable bonds is 9. The number of ether oxygens (including phenoxy) is 1. The van der Waals surface area contributed by atoms with Gasteiger partial charge in [-0.05, 0) is 61.3 Å². The fourth-order valence-corrected chi connectivity index (χ4v) is 3.55. The van der Waals surface area contributed by atoms with Crippen LogP contribution in [0.25, 0.3) is 0 Å². The molecule has 6 nitrogen and oxygen atoms in total. The van der Waals surface area contributed by atoms with E-state index in [4.69, 9.17) is 0 Å². The Kier molecular flexibility index (Phi) is 8.35. The van der Waals surface area contributed by atoms with Gasteiger partial charge in [0, 0.05) is 18.7 Å². The van der Waals surface area contributed by atoms with Gasteiger partial charge in [-0.2, -0.15) is 8.78 Å². The highest BCUT2D eigenvalue weighted by Gasteiger charge is 2.13. The molecule has 166 valence electrons. The Hall–Kier alpha value is -3.00. The first-order valence-corrected chi connectivity index (χ1v) is 10.4. The average molecular weight is 431 g/mol. The van der Waals surface area contributed by atoms with Crippen molar-refractivity contribution < 1.29 is 23.1 Å². The fraction of sp³-hybridized carbons (Fsp3) is 0.391. The number of piperidine rings is 1. The zero-order chi connectivity index (χ0) is 22.1. The van der Waals surface area contributed by atoms with Crippen molar-refractivity contribution in [1.82, 2.24) is 15.5 Å². The van der Waals surface area contributed by atoms with E-state index in [2.05, 4.69) is 26.3 Å². The first-order valence-electron chi connectivity index (χ1n) is 10.4. The predicted octanol–water partition coefficient (Wildman–Crippen LogP) is 3.32. The maximum Gasteiger partial charge on any atom is 0.387 e. The number of alkyl halides is 2. The van der Waals surface area contributed by atoms with Crippen molar-refractivity contribution in [3.63, 3.8) is 0 Å². The Morgan fingerprint density at radius 1 is 0.935 bits per heavy atom. The monoisotopic (exact) mass is 431 g/mol. The van der Waals surface area contributed by atoms with Gasteiger partial charge in [-0.15, -0.1) is 0 Å². The van der Waals surface area contributed by atoms with Gasteiger partial charge in [0.25, 0.3) is 5.91 Å². The molecule has 0 spiro atoms. The van der Waals surface area contributed by atoms with Crippen LogP contribution in [-0.4, -0.2) is 43.0 Å². The summed E-state index contributed by atoms with van der Waals surface area (Å²) in [4.78, 5) is 26.8. The lowest BCUT2D eigenvalue weighted by atomic mass is 10.0. The van der Waals surface area contributed by atoms with E-state index in [-0.39, 0.29) is 23.8 Å². The van der Waals surface area contributed by atoms with Gasteiger partial charge in [0.05, 0.1) is 6.54 Å². The third-order valence-electron chi connectivity index (χ3n) is 5.19. The van der Waals surface area contributed by atoms with Crippen LogP contribution in [0.2, 0.25) is 0 Å². The molecule has 2 amide bonds. The molecule has 3 rings (SSSR count). The number of nitrogens with one attached hydrogen (secondary N) is 2. The summed E-state index contributed by atoms with van der Waals surface area (Å²) in [6.07, 6.45) is 3.73. The number of nitrogens with zero attached hydrogens (tertiary/aromatic N) is 1. The summed E-state index contributed by atoms with van der Waals surface area (Å²) in [7, 11) is 0. The highest BCUT2D eigenvalue weighted by molar-refractivity contribution is 5.96. The summed E-state index contributed by atoms with van der Waals surface area (Å²) >= 11 is 0. The van der Waals surface area contributed by atoms with Crippen molar-refractivity contribution in [3.05, 3.63) is 65.2 Å². The lowest BCUT2D eigenvalue weighted by Crippen LogP contribution is -2.37. The van der Waals surface area contributed by atoms with Crippen LogP contribution < -0.4 is 15.4 Å². The second-order valence-electron chi connectivity index (χ2n) is 7.47. The lowest BCUT2D eigenvalue weighted by Gasteiger charge is -2.27. The molecule has 31 heavy (non-hydrogen) atoms. The Morgan fingerprint density at radius 3 is 2.29 bits per heavy atom. The molecule has 2 aromatic carbocycles. The topological polar surface area (TPSA) is 70.7 Å². The molecule has 1 aliphatic heterocycles. The Balaban J connectivity index is 1.45. The van der Waals surface area contributed by atoms with Gasteiger partial charge in [0.1, 0.15) is 5.75 Å². The average Bonchev–Trinajstić information content (AvgIpc) is 2.77. The number of benzene rings is 2. The largest absolute Gasteiger partial charge is 0.435 e. The van der Waals surface area contributed by atoms with E-state index in [9.17, 15) is 18.4 Å². The van der Waals surface area contributed by atoms with Crippen molar-refractivity contribution >= 4 is 11.8 Å². The van der Waals surface area contributed by atoms with E-state index >= 15 is 0 Å². The molecule has 0 bridgehead atoms. The number of halogens is 2. The number of hydrogen-bond acceptors (Lipinski definition) is 4. The molecule has 2 N–H and O–H groups in total. The molecule has 1 heterocycles. The fourth-order valence-electron chi connectivity index (χ4n) is 3.55. The summed E-state index contributed by atoms with van der Waals surface area (Å²) in [6.45, 7) is 0.354. The zero-order valence-electron chi connectivity index (χ0n) is 17.3. The number of amides is 2. The smallest absolute Gasteiger partial charge is 0.387 e. The third kappa shape index (κ3) is 7.32. The molecule has 0 aromatic heterocycles. The standard InChI is InChI=1S/C23H27F2N3O3/c24-23(25)31-20-10-8-17(9-11-20)22(30)27-15-21(29)26-14-18-6-2-3-7-19(18)16-28-12-4-1-5-13-28/h2-3,6-11,23H,1,4-5,12-16H2,(H,26,29)(H,27,30). The van der Waals surface area contributed by atoms with Crippen molar-refractivity contribution in [3.8, 4) is 5.75 Å².